The van der Waals surface area contributed by atoms with Crippen molar-refractivity contribution in [1.82, 2.24) is 4.98 Å². The van der Waals surface area contributed by atoms with Gasteiger partial charge in [0.25, 0.3) is 0 Å². The van der Waals surface area contributed by atoms with E-state index in [1.165, 1.54) is 5.56 Å². The molecule has 2 rings (SSSR count). The van der Waals surface area contributed by atoms with Gasteiger partial charge >= 0.3 is 0 Å². The highest BCUT2D eigenvalue weighted by Gasteiger charge is 2.06. The zero-order valence-corrected chi connectivity index (χ0v) is 11.7. The number of aromatic nitrogens is 1. The summed E-state index contributed by atoms with van der Waals surface area (Å²) < 4.78 is 11.1. The molecule has 0 bridgehead atoms. The lowest BCUT2D eigenvalue weighted by Gasteiger charge is -2.12. The first-order chi connectivity index (χ1) is 9.83. The van der Waals surface area contributed by atoms with E-state index in [-0.39, 0.29) is 0 Å². The highest BCUT2D eigenvalue weighted by molar-refractivity contribution is 5.43. The molecule has 0 aliphatic carbocycles. The van der Waals surface area contributed by atoms with Crippen molar-refractivity contribution < 1.29 is 9.47 Å². The van der Waals surface area contributed by atoms with Gasteiger partial charge in [0.05, 0.1) is 12.8 Å². The van der Waals surface area contributed by atoms with Crippen molar-refractivity contribution in [1.29, 1.82) is 0 Å². The van der Waals surface area contributed by atoms with Crippen LogP contribution in [0.5, 0.6) is 11.5 Å². The van der Waals surface area contributed by atoms with Crippen LogP contribution in [-0.4, -0.2) is 18.6 Å². The fourth-order valence-electron chi connectivity index (χ4n) is 1.93. The summed E-state index contributed by atoms with van der Waals surface area (Å²) in [6.07, 6.45) is 3.67. The van der Waals surface area contributed by atoms with E-state index < -0.39 is 0 Å². The first-order valence-corrected chi connectivity index (χ1v) is 6.73. The third kappa shape index (κ3) is 3.96. The van der Waals surface area contributed by atoms with Gasteiger partial charge in [-0.1, -0.05) is 12.1 Å². The van der Waals surface area contributed by atoms with Gasteiger partial charge in [-0.25, -0.2) is 0 Å². The molecule has 0 saturated carbocycles. The molecule has 106 valence electrons. The number of nitrogens with two attached hydrogens (primary N) is 1. The molecule has 0 unspecified atom stereocenters. The smallest absolute Gasteiger partial charge is 0.162 e. The average molecular weight is 272 g/mol. The van der Waals surface area contributed by atoms with Crippen LogP contribution in [0.4, 0.5) is 0 Å². The molecule has 0 aliphatic rings. The van der Waals surface area contributed by atoms with Crippen LogP contribution in [0.25, 0.3) is 0 Å². The molecule has 0 spiro atoms. The van der Waals surface area contributed by atoms with Gasteiger partial charge in [0, 0.05) is 6.20 Å². The Morgan fingerprint density at radius 3 is 2.75 bits per heavy atom. The highest BCUT2D eigenvalue weighted by Crippen LogP contribution is 2.29. The first kappa shape index (κ1) is 14.3. The summed E-state index contributed by atoms with van der Waals surface area (Å²) >= 11 is 0. The standard InChI is InChI=1S/C16H20N2O2/c1-19-15-8-7-13(5-4-9-17)11-16(15)20-12-14-6-2-3-10-18-14/h2-3,6-8,10-11H,4-5,9,12,17H2,1H3. The van der Waals surface area contributed by atoms with Crippen molar-refractivity contribution in [2.45, 2.75) is 19.4 Å². The molecule has 0 saturated heterocycles. The van der Waals surface area contributed by atoms with Crippen LogP contribution in [-0.2, 0) is 13.0 Å². The van der Waals surface area contributed by atoms with Crippen LogP contribution in [0.1, 0.15) is 17.7 Å². The minimum Gasteiger partial charge on any atom is -0.493 e. The summed E-state index contributed by atoms with van der Waals surface area (Å²) in [5, 5.41) is 0. The number of ether oxygens (including phenoxy) is 2. The zero-order chi connectivity index (χ0) is 14.2. The Hall–Kier alpha value is -2.07. The van der Waals surface area contributed by atoms with Crippen LogP contribution in [0.2, 0.25) is 0 Å². The summed E-state index contributed by atoms with van der Waals surface area (Å²) in [6, 6.07) is 11.8. The third-order valence-corrected chi connectivity index (χ3v) is 3.00. The summed E-state index contributed by atoms with van der Waals surface area (Å²) in [5.74, 6) is 1.48. The number of pyridine rings is 1. The summed E-state index contributed by atoms with van der Waals surface area (Å²) in [4.78, 5) is 4.24. The first-order valence-electron chi connectivity index (χ1n) is 6.73. The largest absolute Gasteiger partial charge is 0.493 e. The summed E-state index contributed by atoms with van der Waals surface area (Å²) in [7, 11) is 1.64. The Bertz CT molecular complexity index is 529. The number of rotatable bonds is 7. The number of benzene rings is 1. The van der Waals surface area contributed by atoms with E-state index >= 15 is 0 Å². The van der Waals surface area contributed by atoms with Gasteiger partial charge < -0.3 is 15.2 Å². The Kier molecular flexibility index (Phi) is 5.38. The minimum absolute atomic E-state index is 0.428. The maximum atomic E-state index is 5.82. The maximum absolute atomic E-state index is 5.82. The zero-order valence-electron chi connectivity index (χ0n) is 11.7. The average Bonchev–Trinajstić information content (AvgIpc) is 2.52. The van der Waals surface area contributed by atoms with Crippen molar-refractivity contribution in [2.24, 2.45) is 5.73 Å². The molecular weight excluding hydrogens is 252 g/mol. The van der Waals surface area contributed by atoms with Crippen molar-refractivity contribution >= 4 is 0 Å². The monoisotopic (exact) mass is 272 g/mol. The van der Waals surface area contributed by atoms with Gasteiger partial charge in [-0.15, -0.1) is 0 Å². The number of hydrogen-bond donors (Lipinski definition) is 1. The number of methoxy groups -OCH3 is 1. The second kappa shape index (κ2) is 7.50. The van der Waals surface area contributed by atoms with E-state index in [4.69, 9.17) is 15.2 Å². The van der Waals surface area contributed by atoms with Crippen LogP contribution >= 0.6 is 0 Å². The lowest BCUT2D eigenvalue weighted by molar-refractivity contribution is 0.280. The second-order valence-electron chi connectivity index (χ2n) is 4.49. The number of nitrogens with zero attached hydrogens (tertiary/aromatic N) is 1. The molecule has 1 aromatic heterocycles. The normalized spacial score (nSPS) is 10.3. The molecule has 2 N–H and O–H groups in total. The molecule has 0 aliphatic heterocycles. The molecule has 0 radical (unpaired) electrons. The third-order valence-electron chi connectivity index (χ3n) is 3.00. The second-order valence-corrected chi connectivity index (χ2v) is 4.49. The van der Waals surface area contributed by atoms with Gasteiger partial charge in [-0.2, -0.15) is 0 Å². The molecule has 0 fully saturated rings. The van der Waals surface area contributed by atoms with E-state index in [0.717, 1.165) is 30.0 Å². The van der Waals surface area contributed by atoms with Crippen LogP contribution < -0.4 is 15.2 Å². The Morgan fingerprint density at radius 2 is 2.05 bits per heavy atom. The predicted octanol–water partition coefficient (Wildman–Crippen LogP) is 2.56. The predicted molar refractivity (Wildman–Crippen MR) is 78.9 cm³/mol. The van der Waals surface area contributed by atoms with Gasteiger partial charge in [0.2, 0.25) is 0 Å². The van der Waals surface area contributed by atoms with Crippen LogP contribution in [0.3, 0.4) is 0 Å². The van der Waals surface area contributed by atoms with Gasteiger partial charge in [0.1, 0.15) is 6.61 Å². The van der Waals surface area contributed by atoms with Crippen molar-refractivity contribution in [3.63, 3.8) is 0 Å². The molecule has 20 heavy (non-hydrogen) atoms. The molecule has 4 heteroatoms. The van der Waals surface area contributed by atoms with E-state index in [1.54, 1.807) is 13.3 Å². The Balaban J connectivity index is 2.07. The Morgan fingerprint density at radius 1 is 1.15 bits per heavy atom. The molecule has 1 heterocycles. The lowest BCUT2D eigenvalue weighted by atomic mass is 10.1. The fourth-order valence-corrected chi connectivity index (χ4v) is 1.93. The van der Waals surface area contributed by atoms with E-state index in [1.807, 2.05) is 36.4 Å². The van der Waals surface area contributed by atoms with E-state index in [2.05, 4.69) is 4.98 Å². The van der Waals surface area contributed by atoms with Gasteiger partial charge in [0.15, 0.2) is 11.5 Å². The summed E-state index contributed by atoms with van der Waals surface area (Å²) in [5.41, 5.74) is 7.63. The quantitative estimate of drug-likeness (QED) is 0.841. The van der Waals surface area contributed by atoms with E-state index in [9.17, 15) is 0 Å². The molecule has 2 aromatic rings. The highest BCUT2D eigenvalue weighted by atomic mass is 16.5. The number of aryl methyl sites for hydroxylation is 1. The minimum atomic E-state index is 0.428. The van der Waals surface area contributed by atoms with Gasteiger partial charge in [-0.05, 0) is 49.2 Å². The Labute approximate surface area is 119 Å². The van der Waals surface area contributed by atoms with Crippen LogP contribution in [0, 0.1) is 0 Å². The molecular formula is C16H20N2O2. The molecule has 1 aromatic carbocycles. The topological polar surface area (TPSA) is 57.4 Å². The number of hydrogen-bond acceptors (Lipinski definition) is 4. The van der Waals surface area contributed by atoms with Crippen molar-refractivity contribution in [2.75, 3.05) is 13.7 Å². The maximum Gasteiger partial charge on any atom is 0.162 e. The molecule has 4 nitrogen and oxygen atoms in total. The SMILES string of the molecule is COc1ccc(CCCN)cc1OCc1ccccn1. The fraction of sp³-hybridized carbons (Fsp3) is 0.312. The van der Waals surface area contributed by atoms with Crippen molar-refractivity contribution in [3.05, 3.63) is 53.9 Å². The van der Waals surface area contributed by atoms with Crippen molar-refractivity contribution in [3.8, 4) is 11.5 Å². The van der Waals surface area contributed by atoms with Gasteiger partial charge in [-0.3, -0.25) is 4.98 Å². The summed E-state index contributed by atoms with van der Waals surface area (Å²) in [6.45, 7) is 1.12. The lowest BCUT2D eigenvalue weighted by Crippen LogP contribution is -2.02. The molecule has 0 atom stereocenters. The van der Waals surface area contributed by atoms with E-state index in [0.29, 0.717) is 13.2 Å². The van der Waals surface area contributed by atoms with Crippen LogP contribution in [0.15, 0.2) is 42.6 Å². The molecule has 0 amide bonds.